The van der Waals surface area contributed by atoms with Gasteiger partial charge in [-0.25, -0.2) is 0 Å². The van der Waals surface area contributed by atoms with Crippen molar-refractivity contribution in [3.8, 4) is 0 Å². The summed E-state index contributed by atoms with van der Waals surface area (Å²) in [5, 5.41) is 6.18. The number of nitrogens with zero attached hydrogens (tertiary/aromatic N) is 1. The van der Waals surface area contributed by atoms with Crippen LogP contribution in [0.3, 0.4) is 0 Å². The highest BCUT2D eigenvalue weighted by Gasteiger charge is 2.13. The molecule has 0 radical (unpaired) electrons. The van der Waals surface area contributed by atoms with E-state index in [-0.39, 0.29) is 5.91 Å². The van der Waals surface area contributed by atoms with Gasteiger partial charge in [-0.1, -0.05) is 6.07 Å². The summed E-state index contributed by atoms with van der Waals surface area (Å²) in [7, 11) is 0. The molecule has 20 heavy (non-hydrogen) atoms. The van der Waals surface area contributed by atoms with Crippen molar-refractivity contribution in [1.82, 2.24) is 15.6 Å². The fourth-order valence-corrected chi connectivity index (χ4v) is 2.25. The third-order valence-electron chi connectivity index (χ3n) is 3.54. The molecule has 0 spiro atoms. The SMILES string of the molecule is Cc1cccnc1CNC(=O)CCOC1CCNCC1. The number of rotatable bonds is 6. The molecular weight excluding hydrogens is 254 g/mol. The summed E-state index contributed by atoms with van der Waals surface area (Å²) >= 11 is 0. The van der Waals surface area contributed by atoms with Gasteiger partial charge in [-0.05, 0) is 44.5 Å². The highest BCUT2D eigenvalue weighted by atomic mass is 16.5. The van der Waals surface area contributed by atoms with E-state index in [2.05, 4.69) is 15.6 Å². The molecule has 5 heteroatoms. The summed E-state index contributed by atoms with van der Waals surface area (Å²) in [6.45, 7) is 5.00. The molecular formula is C15H23N3O2. The van der Waals surface area contributed by atoms with Gasteiger partial charge in [0.2, 0.25) is 5.91 Å². The lowest BCUT2D eigenvalue weighted by atomic mass is 10.1. The van der Waals surface area contributed by atoms with Gasteiger partial charge in [0.15, 0.2) is 0 Å². The van der Waals surface area contributed by atoms with E-state index in [0.717, 1.165) is 37.2 Å². The van der Waals surface area contributed by atoms with Crippen molar-refractivity contribution in [1.29, 1.82) is 0 Å². The summed E-state index contributed by atoms with van der Waals surface area (Å²) in [6.07, 6.45) is 4.54. The fraction of sp³-hybridized carbons (Fsp3) is 0.600. The second-order valence-corrected chi connectivity index (χ2v) is 5.11. The second kappa shape index (κ2) is 7.97. The van der Waals surface area contributed by atoms with Gasteiger partial charge in [-0.2, -0.15) is 0 Å². The molecule has 1 aliphatic heterocycles. The zero-order valence-electron chi connectivity index (χ0n) is 12.0. The molecule has 2 N–H and O–H groups in total. The van der Waals surface area contributed by atoms with Crippen LogP contribution >= 0.6 is 0 Å². The maximum absolute atomic E-state index is 11.7. The lowest BCUT2D eigenvalue weighted by molar-refractivity contribution is -0.122. The molecule has 0 aliphatic carbocycles. The maximum Gasteiger partial charge on any atom is 0.222 e. The first-order chi connectivity index (χ1) is 9.75. The van der Waals surface area contributed by atoms with Crippen LogP contribution in [0.4, 0.5) is 0 Å². The van der Waals surface area contributed by atoms with Crippen molar-refractivity contribution < 1.29 is 9.53 Å². The van der Waals surface area contributed by atoms with Crippen LogP contribution < -0.4 is 10.6 Å². The van der Waals surface area contributed by atoms with Crippen molar-refractivity contribution >= 4 is 5.91 Å². The summed E-state index contributed by atoms with van der Waals surface area (Å²) in [6, 6.07) is 3.89. The quantitative estimate of drug-likeness (QED) is 0.819. The standard InChI is InChI=1S/C15H23N3O2/c1-12-3-2-7-17-14(12)11-18-15(19)6-10-20-13-4-8-16-9-5-13/h2-3,7,13,16H,4-6,8-11H2,1H3,(H,18,19). The molecule has 1 fully saturated rings. The van der Waals surface area contributed by atoms with Crippen molar-refractivity contribution in [3.05, 3.63) is 29.6 Å². The fourth-order valence-electron chi connectivity index (χ4n) is 2.25. The number of carbonyl (C=O) groups is 1. The van der Waals surface area contributed by atoms with Gasteiger partial charge >= 0.3 is 0 Å². The average molecular weight is 277 g/mol. The minimum atomic E-state index is 0.0176. The maximum atomic E-state index is 11.7. The number of aryl methyl sites for hydroxylation is 1. The molecule has 1 amide bonds. The number of ether oxygens (including phenoxy) is 1. The smallest absolute Gasteiger partial charge is 0.222 e. The largest absolute Gasteiger partial charge is 0.378 e. The zero-order valence-corrected chi connectivity index (χ0v) is 12.0. The minimum absolute atomic E-state index is 0.0176. The topological polar surface area (TPSA) is 63.2 Å². The van der Waals surface area contributed by atoms with Crippen LogP contribution in [0.5, 0.6) is 0 Å². The molecule has 2 rings (SSSR count). The molecule has 0 bridgehead atoms. The number of nitrogens with one attached hydrogen (secondary N) is 2. The van der Waals surface area contributed by atoms with Crippen LogP contribution in [-0.2, 0) is 16.1 Å². The second-order valence-electron chi connectivity index (χ2n) is 5.11. The van der Waals surface area contributed by atoms with E-state index in [1.54, 1.807) is 6.20 Å². The Hall–Kier alpha value is -1.46. The summed E-state index contributed by atoms with van der Waals surface area (Å²) in [5.41, 5.74) is 2.01. The van der Waals surface area contributed by atoms with Gasteiger partial charge < -0.3 is 15.4 Å². The number of piperidine rings is 1. The Labute approximate surface area is 120 Å². The van der Waals surface area contributed by atoms with E-state index in [9.17, 15) is 4.79 Å². The number of pyridine rings is 1. The molecule has 0 unspecified atom stereocenters. The van der Waals surface area contributed by atoms with Crippen LogP contribution in [0.25, 0.3) is 0 Å². The van der Waals surface area contributed by atoms with Crippen molar-refractivity contribution in [2.24, 2.45) is 0 Å². The van der Waals surface area contributed by atoms with E-state index in [0.29, 0.717) is 25.7 Å². The monoisotopic (exact) mass is 277 g/mol. The molecule has 0 saturated carbocycles. The summed E-state index contributed by atoms with van der Waals surface area (Å²) in [4.78, 5) is 16.0. The van der Waals surface area contributed by atoms with Gasteiger partial charge in [-0.15, -0.1) is 0 Å². The van der Waals surface area contributed by atoms with Crippen LogP contribution in [0, 0.1) is 6.92 Å². The third kappa shape index (κ3) is 4.90. The Balaban J connectivity index is 1.62. The molecule has 1 saturated heterocycles. The Morgan fingerprint density at radius 2 is 2.30 bits per heavy atom. The third-order valence-corrected chi connectivity index (χ3v) is 3.54. The highest BCUT2D eigenvalue weighted by molar-refractivity contribution is 5.75. The first-order valence-corrected chi connectivity index (χ1v) is 7.25. The number of aromatic nitrogens is 1. The van der Waals surface area contributed by atoms with Gasteiger partial charge in [0.05, 0.1) is 24.9 Å². The minimum Gasteiger partial charge on any atom is -0.378 e. The van der Waals surface area contributed by atoms with Crippen LogP contribution in [0.15, 0.2) is 18.3 Å². The normalized spacial score (nSPS) is 16.1. The molecule has 1 aromatic rings. The average Bonchev–Trinajstić information content (AvgIpc) is 2.47. The first-order valence-electron chi connectivity index (χ1n) is 7.25. The number of hydrogen-bond acceptors (Lipinski definition) is 4. The Kier molecular flexibility index (Phi) is 5.95. The number of amides is 1. The molecule has 0 aromatic carbocycles. The van der Waals surface area contributed by atoms with Crippen LogP contribution in [-0.4, -0.2) is 36.7 Å². The Morgan fingerprint density at radius 1 is 1.50 bits per heavy atom. The predicted octanol–water partition coefficient (Wildman–Crippen LogP) is 1.16. The van der Waals surface area contributed by atoms with Crippen LogP contribution in [0.1, 0.15) is 30.5 Å². The van der Waals surface area contributed by atoms with Crippen molar-refractivity contribution in [3.63, 3.8) is 0 Å². The molecule has 5 nitrogen and oxygen atoms in total. The Morgan fingerprint density at radius 3 is 3.05 bits per heavy atom. The van der Waals surface area contributed by atoms with Gasteiger partial charge in [0.1, 0.15) is 0 Å². The zero-order chi connectivity index (χ0) is 14.2. The Bertz CT molecular complexity index is 431. The van der Waals surface area contributed by atoms with E-state index in [1.165, 1.54) is 0 Å². The van der Waals surface area contributed by atoms with Crippen LogP contribution in [0.2, 0.25) is 0 Å². The lowest BCUT2D eigenvalue weighted by Gasteiger charge is -2.22. The molecule has 1 aromatic heterocycles. The van der Waals surface area contributed by atoms with E-state index in [1.807, 2.05) is 19.1 Å². The van der Waals surface area contributed by atoms with Gasteiger partial charge in [0.25, 0.3) is 0 Å². The highest BCUT2D eigenvalue weighted by Crippen LogP contribution is 2.07. The number of hydrogen-bond donors (Lipinski definition) is 2. The molecule has 0 atom stereocenters. The van der Waals surface area contributed by atoms with Crippen molar-refractivity contribution in [2.75, 3.05) is 19.7 Å². The van der Waals surface area contributed by atoms with E-state index < -0.39 is 0 Å². The van der Waals surface area contributed by atoms with Gasteiger partial charge in [0, 0.05) is 12.6 Å². The molecule has 2 heterocycles. The predicted molar refractivity (Wildman–Crippen MR) is 77.3 cm³/mol. The van der Waals surface area contributed by atoms with E-state index >= 15 is 0 Å². The van der Waals surface area contributed by atoms with E-state index in [4.69, 9.17) is 4.74 Å². The summed E-state index contributed by atoms with van der Waals surface area (Å²) < 4.78 is 5.71. The van der Waals surface area contributed by atoms with Gasteiger partial charge in [-0.3, -0.25) is 9.78 Å². The number of carbonyl (C=O) groups excluding carboxylic acids is 1. The first kappa shape index (κ1) is 14.9. The molecule has 1 aliphatic rings. The summed E-state index contributed by atoms with van der Waals surface area (Å²) in [5.74, 6) is 0.0176. The lowest BCUT2D eigenvalue weighted by Crippen LogP contribution is -2.33. The molecule has 110 valence electrons. The van der Waals surface area contributed by atoms with Crippen molar-refractivity contribution in [2.45, 2.75) is 38.8 Å².